The summed E-state index contributed by atoms with van der Waals surface area (Å²) in [4.78, 5) is 13.8. The maximum atomic E-state index is 8.92. The second-order valence-electron chi connectivity index (χ2n) is 7.49. The third-order valence-corrected chi connectivity index (χ3v) is 5.13. The number of likely N-dealkylation sites (N-methyl/N-ethyl adjacent to an activating group) is 1. The van der Waals surface area contributed by atoms with E-state index in [1.165, 1.54) is 5.69 Å². The molecule has 0 bridgehead atoms. The first-order chi connectivity index (χ1) is 14.6. The van der Waals surface area contributed by atoms with Crippen molar-refractivity contribution in [1.82, 2.24) is 14.9 Å². The first-order valence-electron chi connectivity index (χ1n) is 10.0. The Morgan fingerprint density at radius 3 is 2.17 bits per heavy atom. The molecule has 7 heteroatoms. The van der Waals surface area contributed by atoms with Gasteiger partial charge < -0.3 is 20.4 Å². The van der Waals surface area contributed by atoms with Crippen LogP contribution in [0, 0.1) is 18.3 Å². The number of nitrogens with zero attached hydrogens (tertiary/aromatic N) is 5. The Morgan fingerprint density at radius 2 is 1.50 bits per heavy atom. The summed E-state index contributed by atoms with van der Waals surface area (Å²) >= 11 is 0. The first-order valence-corrected chi connectivity index (χ1v) is 10.0. The van der Waals surface area contributed by atoms with Crippen molar-refractivity contribution in [3.05, 3.63) is 65.9 Å². The monoisotopic (exact) mass is 399 g/mol. The molecule has 0 spiro atoms. The minimum absolute atomic E-state index is 0.510. The molecular formula is C23H25N7. The molecule has 4 rings (SSSR count). The number of nitrogens with one attached hydrogen (secondary N) is 2. The smallest absolute Gasteiger partial charge is 0.229 e. The second kappa shape index (κ2) is 8.80. The van der Waals surface area contributed by atoms with Gasteiger partial charge in [-0.1, -0.05) is 0 Å². The van der Waals surface area contributed by atoms with Crippen LogP contribution in [0.5, 0.6) is 0 Å². The Balaban J connectivity index is 1.44. The van der Waals surface area contributed by atoms with E-state index in [4.69, 9.17) is 5.26 Å². The van der Waals surface area contributed by atoms with Crippen LogP contribution in [0.15, 0.2) is 54.6 Å². The molecule has 152 valence electrons. The number of aromatic nitrogens is 2. The summed E-state index contributed by atoms with van der Waals surface area (Å²) in [6, 6.07) is 19.7. The highest BCUT2D eigenvalue weighted by atomic mass is 15.2. The lowest BCUT2D eigenvalue weighted by Gasteiger charge is -2.34. The average molecular weight is 400 g/mol. The van der Waals surface area contributed by atoms with Crippen molar-refractivity contribution in [2.75, 3.05) is 48.8 Å². The first kappa shape index (κ1) is 19.7. The van der Waals surface area contributed by atoms with Crippen LogP contribution in [0.25, 0.3) is 0 Å². The third kappa shape index (κ3) is 4.85. The van der Waals surface area contributed by atoms with Crippen molar-refractivity contribution < 1.29 is 0 Å². The molecule has 2 N–H and O–H groups in total. The lowest BCUT2D eigenvalue weighted by molar-refractivity contribution is 0.313. The summed E-state index contributed by atoms with van der Waals surface area (Å²) in [6.45, 7) is 6.23. The van der Waals surface area contributed by atoms with Gasteiger partial charge in [-0.15, -0.1) is 0 Å². The summed E-state index contributed by atoms with van der Waals surface area (Å²) in [5, 5.41) is 15.5. The molecule has 0 radical (unpaired) electrons. The minimum atomic E-state index is 0.510. The van der Waals surface area contributed by atoms with E-state index in [1.54, 1.807) is 12.1 Å². The van der Waals surface area contributed by atoms with Crippen molar-refractivity contribution in [1.29, 1.82) is 5.26 Å². The van der Waals surface area contributed by atoms with E-state index in [-0.39, 0.29) is 0 Å². The van der Waals surface area contributed by atoms with Crippen LogP contribution in [0.2, 0.25) is 0 Å². The molecule has 0 aliphatic carbocycles. The molecule has 1 aliphatic heterocycles. The quantitative estimate of drug-likeness (QED) is 0.673. The minimum Gasteiger partial charge on any atom is -0.369 e. The van der Waals surface area contributed by atoms with Crippen LogP contribution >= 0.6 is 0 Å². The molecule has 0 saturated carbocycles. The highest BCUT2D eigenvalue weighted by molar-refractivity contribution is 5.63. The number of rotatable bonds is 5. The summed E-state index contributed by atoms with van der Waals surface area (Å²) in [6.07, 6.45) is 0. The predicted molar refractivity (Wildman–Crippen MR) is 121 cm³/mol. The van der Waals surface area contributed by atoms with Gasteiger partial charge in [-0.05, 0) is 62.5 Å². The van der Waals surface area contributed by atoms with Crippen LogP contribution in [-0.2, 0) is 0 Å². The number of benzene rings is 2. The second-order valence-corrected chi connectivity index (χ2v) is 7.49. The number of piperazine rings is 1. The van der Waals surface area contributed by atoms with Crippen LogP contribution in [0.3, 0.4) is 0 Å². The van der Waals surface area contributed by atoms with Crippen molar-refractivity contribution in [2.45, 2.75) is 6.92 Å². The average Bonchev–Trinajstić information content (AvgIpc) is 2.75. The highest BCUT2D eigenvalue weighted by Crippen LogP contribution is 2.23. The molecule has 2 aromatic carbocycles. The molecule has 7 nitrogen and oxygen atoms in total. The van der Waals surface area contributed by atoms with Gasteiger partial charge in [0.2, 0.25) is 5.95 Å². The maximum Gasteiger partial charge on any atom is 0.229 e. The van der Waals surface area contributed by atoms with Gasteiger partial charge in [0.1, 0.15) is 5.82 Å². The zero-order valence-electron chi connectivity index (χ0n) is 17.3. The van der Waals surface area contributed by atoms with E-state index in [2.05, 4.69) is 67.8 Å². The number of hydrogen-bond acceptors (Lipinski definition) is 7. The number of nitriles is 1. The van der Waals surface area contributed by atoms with Gasteiger partial charge >= 0.3 is 0 Å². The molecule has 1 saturated heterocycles. The normalized spacial score (nSPS) is 14.2. The molecule has 30 heavy (non-hydrogen) atoms. The molecule has 1 fully saturated rings. The van der Waals surface area contributed by atoms with Crippen LogP contribution in [-0.4, -0.2) is 48.1 Å². The van der Waals surface area contributed by atoms with Crippen molar-refractivity contribution >= 4 is 28.8 Å². The molecule has 1 aromatic heterocycles. The molecule has 0 amide bonds. The standard InChI is InChI=1S/C23H25N7/c1-17-15-22(28-23(25-17)27-20-5-3-18(16-24)4-6-20)26-19-7-9-21(10-8-19)30-13-11-29(2)12-14-30/h3-10,15H,11-14H2,1-2H3,(H2,25,26,27,28). The largest absolute Gasteiger partial charge is 0.369 e. The molecule has 1 aliphatic rings. The van der Waals surface area contributed by atoms with Gasteiger partial charge in [-0.3, -0.25) is 0 Å². The van der Waals surface area contributed by atoms with Crippen molar-refractivity contribution in [3.8, 4) is 6.07 Å². The SMILES string of the molecule is Cc1cc(Nc2ccc(N3CCN(C)CC3)cc2)nc(Nc2ccc(C#N)cc2)n1. The lowest BCUT2D eigenvalue weighted by Crippen LogP contribution is -2.44. The number of hydrogen-bond donors (Lipinski definition) is 2. The van der Waals surface area contributed by atoms with Gasteiger partial charge in [0, 0.05) is 55.0 Å². The summed E-state index contributed by atoms with van der Waals surface area (Å²) < 4.78 is 0. The Morgan fingerprint density at radius 1 is 0.867 bits per heavy atom. The topological polar surface area (TPSA) is 80.1 Å². The third-order valence-electron chi connectivity index (χ3n) is 5.13. The summed E-state index contributed by atoms with van der Waals surface area (Å²) in [5.41, 5.74) is 4.54. The molecular weight excluding hydrogens is 374 g/mol. The summed E-state index contributed by atoms with van der Waals surface area (Å²) in [7, 11) is 2.17. The van der Waals surface area contributed by atoms with Gasteiger partial charge in [0.15, 0.2) is 0 Å². The van der Waals surface area contributed by atoms with Crippen molar-refractivity contribution in [3.63, 3.8) is 0 Å². The van der Waals surface area contributed by atoms with Crippen LogP contribution in [0.4, 0.5) is 28.8 Å². The van der Waals surface area contributed by atoms with Crippen LogP contribution < -0.4 is 15.5 Å². The van der Waals surface area contributed by atoms with E-state index in [0.29, 0.717) is 11.5 Å². The van der Waals surface area contributed by atoms with Gasteiger partial charge in [0.05, 0.1) is 11.6 Å². The van der Waals surface area contributed by atoms with Gasteiger partial charge in [-0.25, -0.2) is 4.98 Å². The Kier molecular flexibility index (Phi) is 5.77. The van der Waals surface area contributed by atoms with E-state index < -0.39 is 0 Å². The fourth-order valence-electron chi connectivity index (χ4n) is 3.41. The summed E-state index contributed by atoms with van der Waals surface area (Å²) in [5.74, 6) is 1.24. The Hall–Kier alpha value is -3.63. The lowest BCUT2D eigenvalue weighted by atomic mass is 10.2. The van der Waals surface area contributed by atoms with E-state index in [0.717, 1.165) is 49.1 Å². The predicted octanol–water partition coefficient (Wildman–Crippen LogP) is 3.90. The van der Waals surface area contributed by atoms with Crippen LogP contribution in [0.1, 0.15) is 11.3 Å². The molecule has 3 aromatic rings. The van der Waals surface area contributed by atoms with Crippen molar-refractivity contribution in [2.24, 2.45) is 0 Å². The van der Waals surface area contributed by atoms with E-state index >= 15 is 0 Å². The Bertz CT molecular complexity index is 1030. The fraction of sp³-hybridized carbons (Fsp3) is 0.261. The Labute approximate surface area is 177 Å². The van der Waals surface area contributed by atoms with Gasteiger partial charge in [0.25, 0.3) is 0 Å². The molecule has 0 unspecified atom stereocenters. The number of anilines is 5. The molecule has 2 heterocycles. The van der Waals surface area contributed by atoms with Gasteiger partial charge in [-0.2, -0.15) is 10.2 Å². The zero-order valence-corrected chi connectivity index (χ0v) is 17.3. The fourth-order valence-corrected chi connectivity index (χ4v) is 3.41. The number of aryl methyl sites for hydroxylation is 1. The maximum absolute atomic E-state index is 8.92. The highest BCUT2D eigenvalue weighted by Gasteiger charge is 2.14. The van der Waals surface area contributed by atoms with E-state index in [1.807, 2.05) is 25.1 Å². The molecule has 0 atom stereocenters. The zero-order chi connectivity index (χ0) is 20.9. The van der Waals surface area contributed by atoms with E-state index in [9.17, 15) is 0 Å².